The van der Waals surface area contributed by atoms with Crippen LogP contribution in [0.15, 0.2) is 39.2 Å². The molecule has 82 valence electrons. The standard InChI is InChI=1S/C11H9BrN2O2/c12-8-2-1-6(13)5-7(8)9-3-4-10(16-9)11(14)15/h1-5H,13H2,(H2,14,15). The number of furan rings is 1. The Kier molecular flexibility index (Phi) is 2.70. The minimum absolute atomic E-state index is 0.129. The van der Waals surface area contributed by atoms with Gasteiger partial charge in [-0.05, 0) is 30.3 Å². The van der Waals surface area contributed by atoms with Gasteiger partial charge in [0.1, 0.15) is 5.76 Å². The molecule has 1 aromatic carbocycles. The molecule has 1 amide bonds. The van der Waals surface area contributed by atoms with Crippen molar-refractivity contribution in [1.29, 1.82) is 0 Å². The second kappa shape index (κ2) is 4.02. The zero-order valence-electron chi connectivity index (χ0n) is 8.24. The van der Waals surface area contributed by atoms with Gasteiger partial charge in [0.2, 0.25) is 0 Å². The van der Waals surface area contributed by atoms with Crippen LogP contribution in [0.5, 0.6) is 0 Å². The molecule has 0 aliphatic rings. The zero-order valence-corrected chi connectivity index (χ0v) is 9.82. The van der Waals surface area contributed by atoms with Gasteiger partial charge in [0.05, 0.1) is 0 Å². The first-order valence-electron chi connectivity index (χ1n) is 4.53. The maximum Gasteiger partial charge on any atom is 0.284 e. The minimum Gasteiger partial charge on any atom is -0.451 e. The van der Waals surface area contributed by atoms with E-state index in [1.165, 1.54) is 6.07 Å². The van der Waals surface area contributed by atoms with Crippen LogP contribution in [-0.2, 0) is 0 Å². The van der Waals surface area contributed by atoms with Gasteiger partial charge in [-0.1, -0.05) is 15.9 Å². The molecular weight excluding hydrogens is 272 g/mol. The van der Waals surface area contributed by atoms with Gasteiger partial charge in [-0.25, -0.2) is 0 Å². The molecule has 0 saturated carbocycles. The number of hydrogen-bond donors (Lipinski definition) is 2. The van der Waals surface area contributed by atoms with Crippen LogP contribution in [0.4, 0.5) is 5.69 Å². The number of rotatable bonds is 2. The molecule has 0 aliphatic heterocycles. The third kappa shape index (κ3) is 1.94. The summed E-state index contributed by atoms with van der Waals surface area (Å²) in [4.78, 5) is 10.9. The Bertz CT molecular complexity index is 549. The fourth-order valence-corrected chi connectivity index (χ4v) is 1.79. The van der Waals surface area contributed by atoms with Crippen LogP contribution < -0.4 is 11.5 Å². The maximum absolute atomic E-state index is 10.9. The summed E-state index contributed by atoms with van der Waals surface area (Å²) in [6.07, 6.45) is 0. The van der Waals surface area contributed by atoms with E-state index < -0.39 is 5.91 Å². The first-order valence-corrected chi connectivity index (χ1v) is 5.32. The van der Waals surface area contributed by atoms with E-state index in [0.29, 0.717) is 11.4 Å². The number of primary amides is 1. The van der Waals surface area contributed by atoms with E-state index in [2.05, 4.69) is 15.9 Å². The second-order valence-corrected chi connectivity index (χ2v) is 4.12. The van der Waals surface area contributed by atoms with Crippen molar-refractivity contribution in [2.45, 2.75) is 0 Å². The van der Waals surface area contributed by atoms with Gasteiger partial charge in [0, 0.05) is 15.7 Å². The van der Waals surface area contributed by atoms with Crippen LogP contribution in [0.2, 0.25) is 0 Å². The van der Waals surface area contributed by atoms with Crippen molar-refractivity contribution >= 4 is 27.5 Å². The summed E-state index contributed by atoms with van der Waals surface area (Å²) in [6.45, 7) is 0. The van der Waals surface area contributed by atoms with Gasteiger partial charge in [-0.15, -0.1) is 0 Å². The largest absolute Gasteiger partial charge is 0.451 e. The Morgan fingerprint density at radius 1 is 1.25 bits per heavy atom. The van der Waals surface area contributed by atoms with Crippen LogP contribution in [0.25, 0.3) is 11.3 Å². The SMILES string of the molecule is NC(=O)c1ccc(-c2cc(N)ccc2Br)o1. The molecule has 1 aromatic heterocycles. The molecule has 0 fully saturated rings. The summed E-state index contributed by atoms with van der Waals surface area (Å²) in [5.74, 6) is 0.0866. The average molecular weight is 281 g/mol. The molecule has 0 saturated heterocycles. The highest BCUT2D eigenvalue weighted by Crippen LogP contribution is 2.31. The highest BCUT2D eigenvalue weighted by atomic mass is 79.9. The predicted octanol–water partition coefficient (Wildman–Crippen LogP) is 2.39. The number of amides is 1. The van der Waals surface area contributed by atoms with Crippen molar-refractivity contribution < 1.29 is 9.21 Å². The number of carbonyl (C=O) groups is 1. The van der Waals surface area contributed by atoms with Crippen LogP contribution >= 0.6 is 15.9 Å². The van der Waals surface area contributed by atoms with Gasteiger partial charge in [0.15, 0.2) is 5.76 Å². The van der Waals surface area contributed by atoms with E-state index in [0.717, 1.165) is 10.0 Å². The molecule has 16 heavy (non-hydrogen) atoms. The first kappa shape index (κ1) is 10.8. The summed E-state index contributed by atoms with van der Waals surface area (Å²) in [5, 5.41) is 0. The molecule has 0 spiro atoms. The lowest BCUT2D eigenvalue weighted by Gasteiger charge is -2.02. The number of anilines is 1. The van der Waals surface area contributed by atoms with Crippen LogP contribution in [0.1, 0.15) is 10.6 Å². The lowest BCUT2D eigenvalue weighted by Crippen LogP contribution is -2.09. The van der Waals surface area contributed by atoms with Crippen LogP contribution in [-0.4, -0.2) is 5.91 Å². The molecule has 0 aliphatic carbocycles. The summed E-state index contributed by atoms with van der Waals surface area (Å²) in [7, 11) is 0. The van der Waals surface area contributed by atoms with E-state index in [-0.39, 0.29) is 5.76 Å². The molecule has 0 atom stereocenters. The van der Waals surface area contributed by atoms with Crippen LogP contribution in [0, 0.1) is 0 Å². The van der Waals surface area contributed by atoms with Crippen molar-refractivity contribution in [2.24, 2.45) is 5.73 Å². The van der Waals surface area contributed by atoms with E-state index >= 15 is 0 Å². The Labute approximate surface area is 100 Å². The predicted molar refractivity (Wildman–Crippen MR) is 64.8 cm³/mol. The number of nitrogens with two attached hydrogens (primary N) is 2. The number of carbonyl (C=O) groups excluding carboxylic acids is 1. The minimum atomic E-state index is -0.591. The second-order valence-electron chi connectivity index (χ2n) is 3.27. The molecule has 4 nitrogen and oxygen atoms in total. The lowest BCUT2D eigenvalue weighted by atomic mass is 10.1. The van der Waals surface area contributed by atoms with Crippen LogP contribution in [0.3, 0.4) is 0 Å². The summed E-state index contributed by atoms with van der Waals surface area (Å²) in [5.41, 5.74) is 12.2. The summed E-state index contributed by atoms with van der Waals surface area (Å²) >= 11 is 3.38. The number of halogens is 1. The van der Waals surface area contributed by atoms with Gasteiger partial charge in [-0.3, -0.25) is 4.79 Å². The molecule has 2 aromatic rings. The topological polar surface area (TPSA) is 82.2 Å². The Morgan fingerprint density at radius 2 is 2.00 bits per heavy atom. The Morgan fingerprint density at radius 3 is 2.62 bits per heavy atom. The molecular formula is C11H9BrN2O2. The fourth-order valence-electron chi connectivity index (χ4n) is 1.35. The highest BCUT2D eigenvalue weighted by Gasteiger charge is 2.11. The number of hydrogen-bond acceptors (Lipinski definition) is 3. The molecule has 0 bridgehead atoms. The fraction of sp³-hybridized carbons (Fsp3) is 0. The van der Waals surface area contributed by atoms with Crippen molar-refractivity contribution in [1.82, 2.24) is 0 Å². The quantitative estimate of drug-likeness (QED) is 0.829. The number of nitrogen functional groups attached to an aromatic ring is 1. The summed E-state index contributed by atoms with van der Waals surface area (Å²) < 4.78 is 6.15. The molecule has 0 unspecified atom stereocenters. The zero-order chi connectivity index (χ0) is 11.7. The van der Waals surface area contributed by atoms with Crippen molar-refractivity contribution in [2.75, 3.05) is 5.73 Å². The smallest absolute Gasteiger partial charge is 0.284 e. The summed E-state index contributed by atoms with van der Waals surface area (Å²) in [6, 6.07) is 8.56. The highest BCUT2D eigenvalue weighted by molar-refractivity contribution is 9.10. The molecule has 4 N–H and O–H groups in total. The van der Waals surface area contributed by atoms with Gasteiger partial charge in [0.25, 0.3) is 5.91 Å². The number of benzene rings is 1. The average Bonchev–Trinajstić information content (AvgIpc) is 2.70. The Balaban J connectivity index is 2.50. The molecule has 1 heterocycles. The molecule has 2 rings (SSSR count). The lowest BCUT2D eigenvalue weighted by molar-refractivity contribution is 0.0974. The van der Waals surface area contributed by atoms with Crippen molar-refractivity contribution in [3.63, 3.8) is 0 Å². The van der Waals surface area contributed by atoms with Gasteiger partial charge < -0.3 is 15.9 Å². The van der Waals surface area contributed by atoms with E-state index in [1.54, 1.807) is 18.2 Å². The molecule has 0 radical (unpaired) electrons. The normalized spacial score (nSPS) is 10.3. The van der Waals surface area contributed by atoms with E-state index in [9.17, 15) is 4.79 Å². The third-order valence-corrected chi connectivity index (χ3v) is 2.80. The first-order chi connectivity index (χ1) is 7.58. The van der Waals surface area contributed by atoms with Crippen molar-refractivity contribution in [3.05, 3.63) is 40.6 Å². The van der Waals surface area contributed by atoms with E-state index in [4.69, 9.17) is 15.9 Å². The monoisotopic (exact) mass is 280 g/mol. The van der Waals surface area contributed by atoms with Crippen molar-refractivity contribution in [3.8, 4) is 11.3 Å². The third-order valence-electron chi connectivity index (χ3n) is 2.10. The van der Waals surface area contributed by atoms with Gasteiger partial charge >= 0.3 is 0 Å². The van der Waals surface area contributed by atoms with E-state index in [1.807, 2.05) is 6.07 Å². The Hall–Kier alpha value is -1.75. The maximum atomic E-state index is 10.9. The van der Waals surface area contributed by atoms with Gasteiger partial charge in [-0.2, -0.15) is 0 Å². The molecule has 5 heteroatoms.